The summed E-state index contributed by atoms with van der Waals surface area (Å²) in [6, 6.07) is -0.968. The molecule has 2 atom stereocenters. The molecule has 2 unspecified atom stereocenters. The summed E-state index contributed by atoms with van der Waals surface area (Å²) in [4.78, 5) is 12.4. The van der Waals surface area contributed by atoms with E-state index < -0.39 is 28.0 Å². The molecule has 0 aliphatic heterocycles. The normalized spacial score (nSPS) is 13.6. The highest BCUT2D eigenvalue weighted by atomic mass is 32.2. The standard InChI is InChI=1S/C32H63NO5S/c1-3-5-7-9-11-13-14-15-16-17-18-20-22-24-26-28-32(35)33-30(29-39(36,37)38)31(34)27-25-23-21-19-12-10-8-6-4-2/h15-16,30-31,34H,3-14,17-29H2,1-2H3,(H,33,35)(H,36,37,38)/b16-15-. The molecule has 0 aromatic heterocycles. The lowest BCUT2D eigenvalue weighted by Crippen LogP contribution is -2.47. The minimum Gasteiger partial charge on any atom is -0.391 e. The molecule has 0 saturated carbocycles. The van der Waals surface area contributed by atoms with E-state index in [1.165, 1.54) is 89.9 Å². The van der Waals surface area contributed by atoms with Crippen molar-refractivity contribution in [2.45, 2.75) is 180 Å². The number of hydrogen-bond donors (Lipinski definition) is 3. The summed E-state index contributed by atoms with van der Waals surface area (Å²) in [5.74, 6) is -0.906. The first kappa shape index (κ1) is 38.1. The van der Waals surface area contributed by atoms with E-state index in [-0.39, 0.29) is 5.91 Å². The van der Waals surface area contributed by atoms with E-state index in [0.29, 0.717) is 12.8 Å². The van der Waals surface area contributed by atoms with Crippen LogP contribution in [0.15, 0.2) is 12.2 Å². The zero-order valence-corrected chi connectivity index (χ0v) is 26.3. The quantitative estimate of drug-likeness (QED) is 0.0472. The molecule has 7 heteroatoms. The molecule has 6 nitrogen and oxygen atoms in total. The maximum Gasteiger partial charge on any atom is 0.266 e. The zero-order valence-electron chi connectivity index (χ0n) is 25.5. The molecule has 0 aromatic carbocycles. The average molecular weight is 574 g/mol. The van der Waals surface area contributed by atoms with Crippen molar-refractivity contribution in [3.05, 3.63) is 12.2 Å². The van der Waals surface area contributed by atoms with Crippen LogP contribution in [0, 0.1) is 0 Å². The summed E-state index contributed by atoms with van der Waals surface area (Å²) in [6.45, 7) is 4.46. The summed E-state index contributed by atoms with van der Waals surface area (Å²) >= 11 is 0. The van der Waals surface area contributed by atoms with Gasteiger partial charge in [-0.05, 0) is 38.5 Å². The number of allylic oxidation sites excluding steroid dienone is 2. The largest absolute Gasteiger partial charge is 0.391 e. The summed E-state index contributed by atoms with van der Waals surface area (Å²) in [5, 5.41) is 13.2. The Labute approximate surface area is 241 Å². The van der Waals surface area contributed by atoms with Gasteiger partial charge in [0, 0.05) is 6.42 Å². The van der Waals surface area contributed by atoms with Gasteiger partial charge in [0.2, 0.25) is 5.91 Å². The molecule has 0 aliphatic carbocycles. The van der Waals surface area contributed by atoms with E-state index in [1.54, 1.807) is 0 Å². The molecule has 1 amide bonds. The van der Waals surface area contributed by atoms with Gasteiger partial charge in [0.25, 0.3) is 10.1 Å². The van der Waals surface area contributed by atoms with Crippen LogP contribution in [0.25, 0.3) is 0 Å². The minimum absolute atomic E-state index is 0.257. The molecule has 0 rings (SSSR count). The van der Waals surface area contributed by atoms with Crippen LogP contribution in [0.1, 0.15) is 168 Å². The lowest BCUT2D eigenvalue weighted by Gasteiger charge is -2.23. The van der Waals surface area contributed by atoms with Crippen LogP contribution in [-0.4, -0.2) is 41.9 Å². The molecule has 3 N–H and O–H groups in total. The number of nitrogens with one attached hydrogen (secondary N) is 1. The third kappa shape index (κ3) is 28.4. The zero-order chi connectivity index (χ0) is 29.0. The van der Waals surface area contributed by atoms with Crippen LogP contribution < -0.4 is 5.32 Å². The summed E-state index contributed by atoms with van der Waals surface area (Å²) in [6.07, 6.45) is 30.2. The van der Waals surface area contributed by atoms with Crippen LogP contribution in [0.4, 0.5) is 0 Å². The fourth-order valence-electron chi connectivity index (χ4n) is 4.98. The fourth-order valence-corrected chi connectivity index (χ4v) is 5.74. The van der Waals surface area contributed by atoms with Crippen molar-refractivity contribution in [2.75, 3.05) is 5.75 Å². The van der Waals surface area contributed by atoms with Crippen molar-refractivity contribution in [1.29, 1.82) is 0 Å². The van der Waals surface area contributed by atoms with Crippen molar-refractivity contribution in [3.63, 3.8) is 0 Å². The Morgan fingerprint density at radius 1 is 0.667 bits per heavy atom. The van der Waals surface area contributed by atoms with Gasteiger partial charge in [-0.15, -0.1) is 0 Å². The molecular weight excluding hydrogens is 510 g/mol. The van der Waals surface area contributed by atoms with Crippen LogP contribution in [-0.2, 0) is 14.9 Å². The number of unbranched alkanes of at least 4 members (excludes halogenated alkanes) is 19. The number of carbonyl (C=O) groups excluding carboxylic acids is 1. The van der Waals surface area contributed by atoms with Crippen LogP contribution in [0.3, 0.4) is 0 Å². The molecule has 0 aliphatic rings. The lowest BCUT2D eigenvalue weighted by molar-refractivity contribution is -0.122. The third-order valence-corrected chi connectivity index (χ3v) is 8.25. The highest BCUT2D eigenvalue weighted by Gasteiger charge is 2.26. The van der Waals surface area contributed by atoms with Gasteiger partial charge in [-0.2, -0.15) is 8.42 Å². The van der Waals surface area contributed by atoms with E-state index in [0.717, 1.165) is 51.4 Å². The maximum atomic E-state index is 12.4. The van der Waals surface area contributed by atoms with Crippen LogP contribution in [0.2, 0.25) is 0 Å². The van der Waals surface area contributed by atoms with E-state index in [1.807, 2.05) is 0 Å². The molecule has 0 spiro atoms. The second-order valence-corrected chi connectivity index (χ2v) is 12.9. The molecule has 39 heavy (non-hydrogen) atoms. The van der Waals surface area contributed by atoms with E-state index in [9.17, 15) is 22.9 Å². The first-order chi connectivity index (χ1) is 18.8. The molecule has 0 radical (unpaired) electrons. The van der Waals surface area contributed by atoms with E-state index >= 15 is 0 Å². The van der Waals surface area contributed by atoms with Gasteiger partial charge >= 0.3 is 0 Å². The van der Waals surface area contributed by atoms with Crippen molar-refractivity contribution in [2.24, 2.45) is 0 Å². The molecule has 0 saturated heterocycles. The number of rotatable bonds is 29. The van der Waals surface area contributed by atoms with Gasteiger partial charge in [-0.25, -0.2) is 0 Å². The number of aliphatic hydroxyl groups excluding tert-OH is 1. The highest BCUT2D eigenvalue weighted by molar-refractivity contribution is 7.85. The van der Waals surface area contributed by atoms with Gasteiger partial charge in [0.05, 0.1) is 17.9 Å². The Morgan fingerprint density at radius 3 is 1.54 bits per heavy atom. The topological polar surface area (TPSA) is 104 Å². The SMILES string of the molecule is CCCCCCCC/C=C\CCCCCCCC(=O)NC(CS(=O)(=O)O)C(O)CCCCCCCCCCC. The predicted octanol–water partition coefficient (Wildman–Crippen LogP) is 8.68. The van der Waals surface area contributed by atoms with Gasteiger partial charge in [-0.1, -0.05) is 135 Å². The Morgan fingerprint density at radius 2 is 1.08 bits per heavy atom. The average Bonchev–Trinajstić information content (AvgIpc) is 2.88. The smallest absolute Gasteiger partial charge is 0.266 e. The van der Waals surface area contributed by atoms with Crippen molar-refractivity contribution < 1.29 is 22.9 Å². The Hall–Kier alpha value is -0.920. The Bertz CT molecular complexity index is 680. The van der Waals surface area contributed by atoms with Crippen molar-refractivity contribution in [1.82, 2.24) is 5.32 Å². The third-order valence-electron chi connectivity index (χ3n) is 7.47. The first-order valence-electron chi connectivity index (χ1n) is 16.4. The van der Waals surface area contributed by atoms with E-state index in [2.05, 4.69) is 31.3 Å². The Balaban J connectivity index is 3.96. The fraction of sp³-hybridized carbons (Fsp3) is 0.906. The van der Waals surface area contributed by atoms with Crippen molar-refractivity contribution >= 4 is 16.0 Å². The maximum absolute atomic E-state index is 12.4. The highest BCUT2D eigenvalue weighted by Crippen LogP contribution is 2.14. The van der Waals surface area contributed by atoms with Gasteiger partial charge < -0.3 is 10.4 Å². The summed E-state index contributed by atoms with van der Waals surface area (Å²) in [7, 11) is -4.30. The minimum atomic E-state index is -4.30. The summed E-state index contributed by atoms with van der Waals surface area (Å²) < 4.78 is 32.2. The molecule has 0 bridgehead atoms. The van der Waals surface area contributed by atoms with Crippen LogP contribution in [0.5, 0.6) is 0 Å². The molecule has 0 heterocycles. The first-order valence-corrected chi connectivity index (χ1v) is 18.0. The molecule has 232 valence electrons. The predicted molar refractivity (Wildman–Crippen MR) is 166 cm³/mol. The van der Waals surface area contributed by atoms with Gasteiger partial charge in [-0.3, -0.25) is 9.35 Å². The molecule has 0 aromatic rings. The summed E-state index contributed by atoms with van der Waals surface area (Å²) in [5.41, 5.74) is 0. The second-order valence-electron chi connectivity index (χ2n) is 11.4. The van der Waals surface area contributed by atoms with Crippen molar-refractivity contribution in [3.8, 4) is 0 Å². The number of carbonyl (C=O) groups is 1. The molecular formula is C32H63NO5S. The number of hydrogen-bond acceptors (Lipinski definition) is 4. The Kier molecular flexibility index (Phi) is 26.6. The van der Waals surface area contributed by atoms with Gasteiger partial charge in [0.1, 0.15) is 0 Å². The molecule has 0 fully saturated rings. The van der Waals surface area contributed by atoms with Gasteiger partial charge in [0.15, 0.2) is 0 Å². The second kappa shape index (κ2) is 27.3. The number of aliphatic hydroxyl groups is 1. The monoisotopic (exact) mass is 573 g/mol. The number of amides is 1. The van der Waals surface area contributed by atoms with E-state index in [4.69, 9.17) is 0 Å². The van der Waals surface area contributed by atoms with Crippen LogP contribution >= 0.6 is 0 Å². The lowest BCUT2D eigenvalue weighted by atomic mass is 10.0.